The number of carbonyl (C=O) groups excluding carboxylic acids is 3. The van der Waals surface area contributed by atoms with Crippen LogP contribution in [0.2, 0.25) is 5.02 Å². The van der Waals surface area contributed by atoms with E-state index in [1.807, 2.05) is 18.2 Å². The average Bonchev–Trinajstić information content (AvgIpc) is 2.75. The van der Waals surface area contributed by atoms with E-state index in [1.165, 1.54) is 11.2 Å². The van der Waals surface area contributed by atoms with E-state index < -0.39 is 0 Å². The van der Waals surface area contributed by atoms with E-state index in [1.54, 1.807) is 29.2 Å². The van der Waals surface area contributed by atoms with Crippen LogP contribution >= 0.6 is 11.6 Å². The lowest BCUT2D eigenvalue weighted by atomic mass is 10.1. The fraction of sp³-hybridized carbons (Fsp3) is 0.227. The molecule has 2 N–H and O–H groups in total. The average molecular weight is 438 g/mol. The molecule has 1 aromatic heterocycles. The first-order valence-electron chi connectivity index (χ1n) is 9.74. The molecule has 0 bridgehead atoms. The van der Waals surface area contributed by atoms with Gasteiger partial charge < -0.3 is 15.5 Å². The van der Waals surface area contributed by atoms with Crippen molar-refractivity contribution in [2.24, 2.45) is 0 Å². The van der Waals surface area contributed by atoms with Gasteiger partial charge in [-0.25, -0.2) is 9.97 Å². The highest BCUT2D eigenvalue weighted by Crippen LogP contribution is 2.20. The lowest BCUT2D eigenvalue weighted by Gasteiger charge is -2.34. The van der Waals surface area contributed by atoms with Crippen LogP contribution in [-0.4, -0.2) is 57.0 Å². The molecule has 0 unspecified atom stereocenters. The van der Waals surface area contributed by atoms with Gasteiger partial charge in [-0.2, -0.15) is 0 Å². The number of halogens is 1. The maximum Gasteiger partial charge on any atom is 0.242 e. The zero-order chi connectivity index (χ0) is 22.0. The summed E-state index contributed by atoms with van der Waals surface area (Å²) in [5.74, 6) is -0.409. The van der Waals surface area contributed by atoms with Gasteiger partial charge in [0.05, 0.1) is 18.5 Å². The second-order valence-corrected chi connectivity index (χ2v) is 7.78. The Balaban J connectivity index is 1.36. The number of nitrogens with two attached hydrogens (primary N) is 1. The summed E-state index contributed by atoms with van der Waals surface area (Å²) >= 11 is 5.83. The van der Waals surface area contributed by atoms with Gasteiger partial charge in [0.1, 0.15) is 12.1 Å². The third-order valence-electron chi connectivity index (χ3n) is 5.25. The predicted octanol–water partition coefficient (Wildman–Crippen LogP) is 2.31. The number of hydrogen-bond acceptors (Lipinski definition) is 6. The van der Waals surface area contributed by atoms with Crippen molar-refractivity contribution in [3.8, 4) is 0 Å². The van der Waals surface area contributed by atoms with E-state index in [0.29, 0.717) is 41.6 Å². The van der Waals surface area contributed by atoms with Crippen LogP contribution in [0, 0.1) is 0 Å². The number of anilines is 1. The Morgan fingerprint density at radius 2 is 1.84 bits per heavy atom. The van der Waals surface area contributed by atoms with Gasteiger partial charge in [-0.05, 0) is 42.0 Å². The van der Waals surface area contributed by atoms with Gasteiger partial charge >= 0.3 is 0 Å². The first-order valence-corrected chi connectivity index (χ1v) is 10.1. The molecule has 0 radical (unpaired) electrons. The number of piperazine rings is 1. The topological polar surface area (TPSA) is 109 Å². The molecule has 0 saturated carbocycles. The minimum absolute atomic E-state index is 0.0462. The molecule has 2 amide bonds. The van der Waals surface area contributed by atoms with Crippen molar-refractivity contribution in [3.05, 3.63) is 64.9 Å². The number of nitrogens with zero attached hydrogens (tertiary/aromatic N) is 4. The van der Waals surface area contributed by atoms with E-state index in [-0.39, 0.29) is 30.6 Å². The van der Waals surface area contributed by atoms with Crippen LogP contribution in [0.25, 0.3) is 10.9 Å². The summed E-state index contributed by atoms with van der Waals surface area (Å²) in [6.45, 7) is 1.13. The number of ketones is 1. The summed E-state index contributed by atoms with van der Waals surface area (Å²) in [5, 5.41) is 1.28. The Morgan fingerprint density at radius 3 is 2.58 bits per heavy atom. The van der Waals surface area contributed by atoms with Crippen molar-refractivity contribution in [2.45, 2.75) is 13.0 Å². The number of carbonyl (C=O) groups is 3. The van der Waals surface area contributed by atoms with Gasteiger partial charge in [0, 0.05) is 35.6 Å². The Bertz CT molecular complexity index is 1170. The second kappa shape index (κ2) is 8.69. The highest BCUT2D eigenvalue weighted by Gasteiger charge is 2.28. The van der Waals surface area contributed by atoms with Crippen molar-refractivity contribution < 1.29 is 14.4 Å². The lowest BCUT2D eigenvalue weighted by Crippen LogP contribution is -2.52. The largest absolute Gasteiger partial charge is 0.383 e. The maximum atomic E-state index is 12.6. The van der Waals surface area contributed by atoms with Crippen molar-refractivity contribution in [1.82, 2.24) is 19.8 Å². The molecule has 158 valence electrons. The van der Waals surface area contributed by atoms with Crippen LogP contribution in [0.3, 0.4) is 0 Å². The van der Waals surface area contributed by atoms with Gasteiger partial charge in [-0.15, -0.1) is 0 Å². The highest BCUT2D eigenvalue weighted by molar-refractivity contribution is 6.30. The molecule has 9 heteroatoms. The quantitative estimate of drug-likeness (QED) is 0.484. The third kappa shape index (κ3) is 4.64. The molecular formula is C22H20ClN5O3. The van der Waals surface area contributed by atoms with Gasteiger partial charge in [-0.3, -0.25) is 14.4 Å². The molecule has 8 nitrogen and oxygen atoms in total. The van der Waals surface area contributed by atoms with Crippen LogP contribution in [-0.2, 0) is 16.1 Å². The van der Waals surface area contributed by atoms with Gasteiger partial charge in [-0.1, -0.05) is 17.7 Å². The first kappa shape index (κ1) is 20.7. The van der Waals surface area contributed by atoms with Crippen LogP contribution in [0.5, 0.6) is 0 Å². The Kier molecular flexibility index (Phi) is 5.81. The van der Waals surface area contributed by atoms with Gasteiger partial charge in [0.2, 0.25) is 11.8 Å². The third-order valence-corrected chi connectivity index (χ3v) is 5.51. The molecular weight excluding hydrogens is 418 g/mol. The molecule has 1 aliphatic rings. The SMILES string of the molecule is Nc1ncnc2cc(CN3CCN(C(=O)CC(=O)c4ccc(Cl)cc4)CC3=O)ccc12. The molecule has 0 spiro atoms. The first-order chi connectivity index (χ1) is 14.9. The minimum atomic E-state index is -0.356. The van der Waals surface area contributed by atoms with Crippen LogP contribution < -0.4 is 5.73 Å². The van der Waals surface area contributed by atoms with E-state index in [9.17, 15) is 14.4 Å². The van der Waals surface area contributed by atoms with Gasteiger partial charge in [0.25, 0.3) is 0 Å². The van der Waals surface area contributed by atoms with Crippen molar-refractivity contribution in [3.63, 3.8) is 0 Å². The van der Waals surface area contributed by atoms with E-state index in [4.69, 9.17) is 17.3 Å². The Morgan fingerprint density at radius 1 is 1.06 bits per heavy atom. The molecule has 4 rings (SSSR count). The summed E-state index contributed by atoms with van der Waals surface area (Å²) in [6, 6.07) is 12.0. The summed E-state index contributed by atoms with van der Waals surface area (Å²) in [5.41, 5.74) is 7.90. The van der Waals surface area contributed by atoms with Crippen LogP contribution in [0.15, 0.2) is 48.8 Å². The number of aromatic nitrogens is 2. The predicted molar refractivity (Wildman–Crippen MR) is 116 cm³/mol. The van der Waals surface area contributed by atoms with Crippen molar-refractivity contribution >= 4 is 45.9 Å². The number of Topliss-reactive ketones (excluding diaryl/α,β-unsaturated/α-hetero) is 1. The van der Waals surface area contributed by atoms with Crippen LogP contribution in [0.4, 0.5) is 5.82 Å². The normalized spacial score (nSPS) is 14.2. The fourth-order valence-electron chi connectivity index (χ4n) is 3.52. The van der Waals surface area contributed by atoms with E-state index in [0.717, 1.165) is 10.9 Å². The number of nitrogen functional groups attached to an aromatic ring is 1. The molecule has 2 heterocycles. The highest BCUT2D eigenvalue weighted by atomic mass is 35.5. The molecule has 0 aliphatic carbocycles. The van der Waals surface area contributed by atoms with Crippen molar-refractivity contribution in [2.75, 3.05) is 25.4 Å². The molecule has 31 heavy (non-hydrogen) atoms. The number of benzene rings is 2. The fourth-order valence-corrected chi connectivity index (χ4v) is 3.64. The molecule has 3 aromatic rings. The molecule has 2 aromatic carbocycles. The summed E-state index contributed by atoms with van der Waals surface area (Å²) in [7, 11) is 0. The molecule has 0 atom stereocenters. The van der Waals surface area contributed by atoms with Crippen LogP contribution in [0.1, 0.15) is 22.3 Å². The Labute approximate surface area is 183 Å². The Hall–Kier alpha value is -3.52. The lowest BCUT2D eigenvalue weighted by molar-refractivity contribution is -0.145. The zero-order valence-electron chi connectivity index (χ0n) is 16.6. The minimum Gasteiger partial charge on any atom is -0.383 e. The van der Waals surface area contributed by atoms with Crippen molar-refractivity contribution in [1.29, 1.82) is 0 Å². The van der Waals surface area contributed by atoms with Gasteiger partial charge in [0.15, 0.2) is 5.78 Å². The zero-order valence-corrected chi connectivity index (χ0v) is 17.4. The van der Waals surface area contributed by atoms with E-state index in [2.05, 4.69) is 9.97 Å². The molecule has 1 fully saturated rings. The monoisotopic (exact) mass is 437 g/mol. The number of rotatable bonds is 5. The number of amides is 2. The maximum absolute atomic E-state index is 12.6. The van der Waals surface area contributed by atoms with E-state index >= 15 is 0 Å². The number of hydrogen-bond donors (Lipinski definition) is 1. The summed E-state index contributed by atoms with van der Waals surface area (Å²) < 4.78 is 0. The summed E-state index contributed by atoms with van der Waals surface area (Å²) in [6.07, 6.45) is 1.13. The molecule has 1 aliphatic heterocycles. The standard InChI is InChI=1S/C22H20ClN5O3/c23-16-4-2-15(3-5-16)19(29)10-20(30)28-8-7-27(21(31)12-28)11-14-1-6-17-18(9-14)25-13-26-22(17)24/h1-6,9,13H,7-8,10-12H2,(H2,24,25,26). The summed E-state index contributed by atoms with van der Waals surface area (Å²) in [4.78, 5) is 48.8. The second-order valence-electron chi connectivity index (χ2n) is 7.35. The number of fused-ring (bicyclic) bond motifs is 1. The smallest absolute Gasteiger partial charge is 0.242 e. The molecule has 1 saturated heterocycles.